The maximum absolute atomic E-state index is 13.2. The van der Waals surface area contributed by atoms with Crippen LogP contribution in [0.15, 0.2) is 12.1 Å². The maximum atomic E-state index is 13.2. The monoisotopic (exact) mass is 301 g/mol. The smallest absolute Gasteiger partial charge is 0.357 e. The van der Waals surface area contributed by atoms with E-state index < -0.39 is 33.9 Å². The Morgan fingerprint density at radius 3 is 2.50 bits per heavy atom. The van der Waals surface area contributed by atoms with Crippen molar-refractivity contribution in [2.24, 2.45) is 0 Å². The predicted octanol–water partition coefficient (Wildman–Crippen LogP) is 2.28. The van der Waals surface area contributed by atoms with E-state index in [1.165, 1.54) is 0 Å². The number of aromatic nitrogens is 1. The van der Waals surface area contributed by atoms with Gasteiger partial charge in [0, 0.05) is 0 Å². The van der Waals surface area contributed by atoms with E-state index in [4.69, 9.17) is 10.8 Å². The largest absolute Gasteiger partial charge is 0.476 e. The van der Waals surface area contributed by atoms with Gasteiger partial charge in [0.25, 0.3) is 5.69 Å². The summed E-state index contributed by atoms with van der Waals surface area (Å²) in [5.41, 5.74) is 3.85. The van der Waals surface area contributed by atoms with Gasteiger partial charge in [-0.15, -0.1) is 0 Å². The zero-order chi connectivity index (χ0) is 15.0. The zero-order valence-corrected chi connectivity index (χ0v) is 10.3. The van der Waals surface area contributed by atoms with Crippen LogP contribution < -0.4 is 5.73 Å². The van der Waals surface area contributed by atoms with Gasteiger partial charge in [-0.25, -0.2) is 18.6 Å². The number of hydrogen-bond acceptors (Lipinski definition) is 6. The number of carboxylic acids is 1. The summed E-state index contributed by atoms with van der Waals surface area (Å²) in [5.74, 6) is -4.12. The number of carbonyl (C=O) groups is 1. The lowest BCUT2D eigenvalue weighted by Gasteiger charge is -2.00. The lowest BCUT2D eigenvalue weighted by Crippen LogP contribution is -2.00. The molecule has 0 unspecified atom stereocenters. The molecule has 2 aromatic rings. The minimum atomic E-state index is -1.42. The van der Waals surface area contributed by atoms with E-state index >= 15 is 0 Å². The number of rotatable bonds is 3. The Labute approximate surface area is 113 Å². The molecule has 1 aromatic heterocycles. The van der Waals surface area contributed by atoms with Crippen molar-refractivity contribution in [2.75, 3.05) is 5.73 Å². The Bertz CT molecular complexity index is 732. The molecule has 0 spiro atoms. The highest BCUT2D eigenvalue weighted by atomic mass is 32.1. The number of halogens is 2. The fraction of sp³-hybridized carbons (Fsp3) is 0. The van der Waals surface area contributed by atoms with Crippen LogP contribution in [0.25, 0.3) is 10.6 Å². The molecule has 0 amide bonds. The van der Waals surface area contributed by atoms with Crippen molar-refractivity contribution in [1.29, 1.82) is 0 Å². The van der Waals surface area contributed by atoms with Gasteiger partial charge in [0.2, 0.25) is 0 Å². The predicted molar refractivity (Wildman–Crippen MR) is 65.5 cm³/mol. The van der Waals surface area contributed by atoms with Crippen LogP contribution in [0.1, 0.15) is 10.5 Å². The average Bonchev–Trinajstić information content (AvgIpc) is 2.74. The summed E-state index contributed by atoms with van der Waals surface area (Å²) in [6.45, 7) is 0. The molecule has 2 rings (SSSR count). The van der Waals surface area contributed by atoms with Crippen molar-refractivity contribution in [3.8, 4) is 10.6 Å². The molecule has 3 N–H and O–H groups in total. The van der Waals surface area contributed by atoms with Crippen molar-refractivity contribution in [1.82, 2.24) is 4.98 Å². The van der Waals surface area contributed by atoms with Crippen LogP contribution in [0.5, 0.6) is 0 Å². The Balaban J connectivity index is 2.68. The normalized spacial score (nSPS) is 10.5. The van der Waals surface area contributed by atoms with Crippen molar-refractivity contribution in [3.05, 3.63) is 39.6 Å². The molecule has 0 aliphatic rings. The molecular weight excluding hydrogens is 296 g/mol. The van der Waals surface area contributed by atoms with Gasteiger partial charge in [-0.1, -0.05) is 11.3 Å². The molecule has 0 fully saturated rings. The summed E-state index contributed by atoms with van der Waals surface area (Å²) in [7, 11) is 0. The molecule has 1 aromatic carbocycles. The first kappa shape index (κ1) is 13.8. The lowest BCUT2D eigenvalue weighted by molar-refractivity contribution is -0.384. The topological polar surface area (TPSA) is 119 Å². The third-order valence-corrected chi connectivity index (χ3v) is 3.24. The van der Waals surface area contributed by atoms with Gasteiger partial charge in [0.05, 0.1) is 16.6 Å². The van der Waals surface area contributed by atoms with Crippen molar-refractivity contribution >= 4 is 28.0 Å². The summed E-state index contributed by atoms with van der Waals surface area (Å²) in [6, 6.07) is 0.986. The number of nitro groups is 1. The highest BCUT2D eigenvalue weighted by Gasteiger charge is 2.24. The summed E-state index contributed by atoms with van der Waals surface area (Å²) in [4.78, 5) is 24.3. The van der Waals surface area contributed by atoms with E-state index in [2.05, 4.69) is 4.98 Å². The third-order valence-electron chi connectivity index (χ3n) is 2.32. The maximum Gasteiger partial charge on any atom is 0.357 e. The highest BCUT2D eigenvalue weighted by molar-refractivity contribution is 7.19. The van der Waals surface area contributed by atoms with Gasteiger partial charge in [-0.05, 0) is 6.07 Å². The van der Waals surface area contributed by atoms with Crippen LogP contribution in [0.3, 0.4) is 0 Å². The number of anilines is 1. The van der Waals surface area contributed by atoms with Gasteiger partial charge < -0.3 is 10.8 Å². The molecule has 104 valence electrons. The molecule has 0 aliphatic heterocycles. The summed E-state index contributed by atoms with van der Waals surface area (Å²) in [6.07, 6.45) is 0. The Morgan fingerprint density at radius 2 is 2.00 bits per heavy atom. The summed E-state index contributed by atoms with van der Waals surface area (Å²) in [5, 5.41) is 19.3. The number of nitrogens with two attached hydrogens (primary N) is 1. The number of nitrogens with zero attached hydrogens (tertiary/aromatic N) is 2. The van der Waals surface area contributed by atoms with E-state index in [1.54, 1.807) is 0 Å². The van der Waals surface area contributed by atoms with Gasteiger partial charge in [0.15, 0.2) is 17.3 Å². The minimum absolute atomic E-state index is 0.175. The van der Waals surface area contributed by atoms with Gasteiger partial charge in [-0.3, -0.25) is 10.1 Å². The lowest BCUT2D eigenvalue weighted by atomic mass is 10.2. The summed E-state index contributed by atoms with van der Waals surface area (Å²) >= 11 is 0.634. The van der Waals surface area contributed by atoms with Gasteiger partial charge in [0.1, 0.15) is 10.0 Å². The standard InChI is InChI=1S/C10H5F2N3O4S/c11-4-1-3(6(15(18)19)2-5(4)12)9-14-7(10(16)17)8(13)20-9/h1-2H,13H2,(H,16,17). The molecule has 20 heavy (non-hydrogen) atoms. The number of nitrogen functional groups attached to an aromatic ring is 1. The molecule has 0 saturated heterocycles. The second-order valence-electron chi connectivity index (χ2n) is 3.58. The number of benzene rings is 1. The van der Waals surface area contributed by atoms with E-state index in [-0.39, 0.29) is 15.6 Å². The number of aromatic carboxylic acids is 1. The molecule has 10 heteroatoms. The van der Waals surface area contributed by atoms with Crippen LogP contribution in [0.2, 0.25) is 0 Å². The first-order chi connectivity index (χ1) is 9.31. The van der Waals surface area contributed by atoms with Gasteiger partial charge in [-0.2, -0.15) is 0 Å². The molecule has 1 heterocycles. The molecular formula is C10H5F2N3O4S. The number of nitro benzene ring substituents is 1. The highest BCUT2D eigenvalue weighted by Crippen LogP contribution is 2.36. The number of thiazole rings is 1. The van der Waals surface area contributed by atoms with Crippen LogP contribution in [0, 0.1) is 21.7 Å². The third kappa shape index (κ3) is 2.28. The SMILES string of the molecule is Nc1sc(-c2cc(F)c(F)cc2[N+](=O)[O-])nc1C(=O)O. The summed E-state index contributed by atoms with van der Waals surface area (Å²) < 4.78 is 26.2. The first-order valence-electron chi connectivity index (χ1n) is 4.94. The molecule has 0 atom stereocenters. The number of hydrogen-bond donors (Lipinski definition) is 2. The minimum Gasteiger partial charge on any atom is -0.476 e. The van der Waals surface area contributed by atoms with Crippen molar-refractivity contribution in [2.45, 2.75) is 0 Å². The van der Waals surface area contributed by atoms with Crippen molar-refractivity contribution in [3.63, 3.8) is 0 Å². The molecule has 7 nitrogen and oxygen atoms in total. The molecule has 0 saturated carbocycles. The Hall–Kier alpha value is -2.62. The fourth-order valence-electron chi connectivity index (χ4n) is 1.46. The average molecular weight is 301 g/mol. The van der Waals surface area contributed by atoms with E-state index in [9.17, 15) is 23.7 Å². The first-order valence-corrected chi connectivity index (χ1v) is 5.76. The Kier molecular flexibility index (Phi) is 3.32. The van der Waals surface area contributed by atoms with Crippen molar-refractivity contribution < 1.29 is 23.6 Å². The van der Waals surface area contributed by atoms with E-state index in [0.717, 1.165) is 0 Å². The fourth-order valence-corrected chi connectivity index (χ4v) is 2.31. The molecule has 0 bridgehead atoms. The molecule has 0 radical (unpaired) electrons. The zero-order valence-electron chi connectivity index (χ0n) is 9.46. The quantitative estimate of drug-likeness (QED) is 0.663. The van der Waals surface area contributed by atoms with Crippen LogP contribution in [-0.4, -0.2) is 21.0 Å². The van der Waals surface area contributed by atoms with Crippen LogP contribution >= 0.6 is 11.3 Å². The Morgan fingerprint density at radius 1 is 1.40 bits per heavy atom. The molecule has 0 aliphatic carbocycles. The van der Waals surface area contributed by atoms with E-state index in [1.807, 2.05) is 0 Å². The van der Waals surface area contributed by atoms with Crippen LogP contribution in [-0.2, 0) is 0 Å². The second kappa shape index (κ2) is 4.81. The number of carboxylic acid groups (broad SMARTS) is 1. The second-order valence-corrected chi connectivity index (χ2v) is 4.61. The van der Waals surface area contributed by atoms with Gasteiger partial charge >= 0.3 is 5.97 Å². The van der Waals surface area contributed by atoms with E-state index in [0.29, 0.717) is 23.5 Å². The van der Waals surface area contributed by atoms with Crippen LogP contribution in [0.4, 0.5) is 19.5 Å².